The van der Waals surface area contributed by atoms with Gasteiger partial charge in [-0.25, -0.2) is 0 Å². The van der Waals surface area contributed by atoms with Gasteiger partial charge in [-0.15, -0.1) is 11.5 Å². The molecule has 104 valence electrons. The zero-order chi connectivity index (χ0) is 13.7. The summed E-state index contributed by atoms with van der Waals surface area (Å²) < 4.78 is 5.30. The van der Waals surface area contributed by atoms with Gasteiger partial charge in [-0.05, 0) is 19.4 Å². The first-order valence-corrected chi connectivity index (χ1v) is 10.9. The van der Waals surface area contributed by atoms with Crippen LogP contribution in [0.2, 0.25) is 19.6 Å². The van der Waals surface area contributed by atoms with E-state index < -0.39 is 8.07 Å². The van der Waals surface area contributed by atoms with E-state index in [4.69, 9.17) is 4.74 Å². The van der Waals surface area contributed by atoms with Crippen molar-refractivity contribution in [3.63, 3.8) is 0 Å². The van der Waals surface area contributed by atoms with Crippen molar-refractivity contribution in [2.75, 3.05) is 19.7 Å². The van der Waals surface area contributed by atoms with Crippen molar-refractivity contribution < 1.29 is 9.53 Å². The fourth-order valence-corrected chi connectivity index (χ4v) is 4.37. The number of rotatable bonds is 0. The third-order valence-electron chi connectivity index (χ3n) is 4.67. The molecule has 0 aromatic heterocycles. The van der Waals surface area contributed by atoms with E-state index in [0.717, 1.165) is 19.5 Å². The number of ether oxygens (including phenoxy) is 1. The molecule has 0 radical (unpaired) electrons. The minimum atomic E-state index is -1.39. The van der Waals surface area contributed by atoms with Crippen LogP contribution in [0.5, 0.6) is 0 Å². The van der Waals surface area contributed by atoms with Gasteiger partial charge >= 0.3 is 5.97 Å². The molecule has 0 aliphatic carbocycles. The van der Waals surface area contributed by atoms with Crippen molar-refractivity contribution in [1.29, 1.82) is 0 Å². The van der Waals surface area contributed by atoms with E-state index in [9.17, 15) is 4.79 Å². The average Bonchev–Trinajstić information content (AvgIpc) is 2.93. The Morgan fingerprint density at radius 2 is 2.21 bits per heavy atom. The van der Waals surface area contributed by atoms with Crippen LogP contribution in [0.3, 0.4) is 0 Å². The molecule has 3 aliphatic heterocycles. The summed E-state index contributed by atoms with van der Waals surface area (Å²) in [5, 5.41) is 0. The summed E-state index contributed by atoms with van der Waals surface area (Å²) in [5.74, 6) is 3.74. The minimum absolute atomic E-state index is 0.0109. The van der Waals surface area contributed by atoms with Gasteiger partial charge in [0.2, 0.25) is 0 Å². The summed E-state index contributed by atoms with van der Waals surface area (Å²) in [7, 11) is -1.39. The normalized spacial score (nSPS) is 38.2. The number of hydrogen-bond acceptors (Lipinski definition) is 3. The first kappa shape index (κ1) is 13.2. The van der Waals surface area contributed by atoms with Crippen LogP contribution in [-0.4, -0.2) is 44.7 Å². The first-order valence-electron chi connectivity index (χ1n) is 7.36. The van der Waals surface area contributed by atoms with E-state index in [0.29, 0.717) is 12.6 Å². The second kappa shape index (κ2) is 4.36. The molecular weight excluding hydrogens is 254 g/mol. The monoisotopic (exact) mass is 277 g/mol. The molecule has 3 fully saturated rings. The van der Waals surface area contributed by atoms with Gasteiger partial charge in [-0.2, -0.15) is 0 Å². The lowest BCUT2D eigenvalue weighted by molar-refractivity contribution is -0.146. The Balaban J connectivity index is 1.95. The van der Waals surface area contributed by atoms with Crippen molar-refractivity contribution in [1.82, 2.24) is 4.90 Å². The molecule has 0 bridgehead atoms. The minimum Gasteiger partial charge on any atom is -0.465 e. The average molecular weight is 277 g/mol. The van der Waals surface area contributed by atoms with E-state index in [1.165, 1.54) is 12.8 Å². The molecule has 3 nitrogen and oxygen atoms in total. The van der Waals surface area contributed by atoms with Crippen LogP contribution in [0.15, 0.2) is 0 Å². The zero-order valence-corrected chi connectivity index (χ0v) is 13.2. The molecule has 3 atom stereocenters. The summed E-state index contributed by atoms with van der Waals surface area (Å²) in [6.45, 7) is 9.39. The molecule has 0 amide bonds. The van der Waals surface area contributed by atoms with Gasteiger partial charge in [0.05, 0.1) is 17.9 Å². The molecule has 0 N–H and O–H groups in total. The number of hydrogen-bond donors (Lipinski definition) is 0. The summed E-state index contributed by atoms with van der Waals surface area (Å²) >= 11 is 0. The molecule has 19 heavy (non-hydrogen) atoms. The Morgan fingerprint density at radius 1 is 1.42 bits per heavy atom. The van der Waals surface area contributed by atoms with E-state index in [-0.39, 0.29) is 17.3 Å². The molecule has 4 heteroatoms. The third-order valence-corrected chi connectivity index (χ3v) is 5.56. The van der Waals surface area contributed by atoms with E-state index in [1.807, 2.05) is 0 Å². The maximum Gasteiger partial charge on any atom is 0.314 e. The molecule has 0 unspecified atom stereocenters. The number of carbonyl (C=O) groups is 1. The Bertz CT molecular complexity index is 459. The van der Waals surface area contributed by atoms with Crippen molar-refractivity contribution in [3.8, 4) is 11.5 Å². The number of carbonyl (C=O) groups excluding carboxylic acids is 1. The van der Waals surface area contributed by atoms with Crippen LogP contribution in [0.4, 0.5) is 0 Å². The van der Waals surface area contributed by atoms with Crippen molar-refractivity contribution in [2.45, 2.75) is 44.9 Å². The highest BCUT2D eigenvalue weighted by Gasteiger charge is 2.60. The van der Waals surface area contributed by atoms with Gasteiger partial charge in [0, 0.05) is 19.0 Å². The SMILES string of the molecule is C[Si](C)(C)C#C[C@@H]1[C@@H]2CCCN2C[C@]12CCOC2=O. The van der Waals surface area contributed by atoms with E-state index >= 15 is 0 Å². The fourth-order valence-electron chi connectivity index (χ4n) is 3.78. The quantitative estimate of drug-likeness (QED) is 0.385. The molecule has 3 aliphatic rings. The Morgan fingerprint density at radius 3 is 2.84 bits per heavy atom. The fraction of sp³-hybridized carbons (Fsp3) is 0.800. The maximum atomic E-state index is 12.3. The molecule has 3 heterocycles. The third kappa shape index (κ3) is 2.13. The van der Waals surface area contributed by atoms with Crippen LogP contribution in [0, 0.1) is 22.8 Å². The Kier molecular flexibility index (Phi) is 3.03. The van der Waals surface area contributed by atoms with Gasteiger partial charge in [-0.1, -0.05) is 19.6 Å². The van der Waals surface area contributed by atoms with E-state index in [2.05, 4.69) is 36.0 Å². The van der Waals surface area contributed by atoms with Gasteiger partial charge in [-0.3, -0.25) is 9.69 Å². The smallest absolute Gasteiger partial charge is 0.314 e. The molecule has 0 aromatic carbocycles. The highest BCUT2D eigenvalue weighted by atomic mass is 28.3. The lowest BCUT2D eigenvalue weighted by Crippen LogP contribution is -2.36. The standard InChI is InChI=1S/C15H23NO2Si/c1-19(2,3)10-6-12-13-5-4-8-16(13)11-15(12)7-9-18-14(15)17/h12-13H,4-5,7-9,11H2,1-3H3/t12-,13+,15-/m1/s1. The van der Waals surface area contributed by atoms with Gasteiger partial charge in [0.15, 0.2) is 0 Å². The summed E-state index contributed by atoms with van der Waals surface area (Å²) in [6.07, 6.45) is 3.31. The Labute approximate surface area is 116 Å². The first-order chi connectivity index (χ1) is 8.92. The largest absolute Gasteiger partial charge is 0.465 e. The van der Waals surface area contributed by atoms with Gasteiger partial charge < -0.3 is 4.74 Å². The van der Waals surface area contributed by atoms with Crippen LogP contribution < -0.4 is 0 Å². The summed E-state index contributed by atoms with van der Waals surface area (Å²) in [4.78, 5) is 14.7. The van der Waals surface area contributed by atoms with Crippen LogP contribution in [0.25, 0.3) is 0 Å². The number of esters is 1. The Hall–Kier alpha value is -0.793. The zero-order valence-electron chi connectivity index (χ0n) is 12.2. The number of cyclic esters (lactones) is 1. The summed E-state index contributed by atoms with van der Waals surface area (Å²) in [5.41, 5.74) is 3.19. The lowest BCUT2D eigenvalue weighted by atomic mass is 9.74. The predicted octanol–water partition coefficient (Wildman–Crippen LogP) is 1.89. The van der Waals surface area contributed by atoms with Gasteiger partial charge in [0.1, 0.15) is 8.07 Å². The number of fused-ring (bicyclic) bond motifs is 1. The molecule has 0 saturated carbocycles. The highest BCUT2D eigenvalue weighted by molar-refractivity contribution is 6.83. The molecule has 3 saturated heterocycles. The second-order valence-electron chi connectivity index (χ2n) is 7.22. The molecule has 1 spiro atoms. The molecule has 0 aromatic rings. The molecular formula is C15H23NO2Si. The van der Waals surface area contributed by atoms with Crippen molar-refractivity contribution in [2.24, 2.45) is 11.3 Å². The number of nitrogens with zero attached hydrogens (tertiary/aromatic N) is 1. The lowest BCUT2D eigenvalue weighted by Gasteiger charge is -2.24. The van der Waals surface area contributed by atoms with Crippen LogP contribution in [-0.2, 0) is 9.53 Å². The van der Waals surface area contributed by atoms with E-state index in [1.54, 1.807) is 0 Å². The predicted molar refractivity (Wildman–Crippen MR) is 77.2 cm³/mol. The van der Waals surface area contributed by atoms with Crippen LogP contribution >= 0.6 is 0 Å². The van der Waals surface area contributed by atoms with Crippen molar-refractivity contribution >= 4 is 14.0 Å². The molecule has 3 rings (SSSR count). The highest BCUT2D eigenvalue weighted by Crippen LogP contribution is 2.49. The summed E-state index contributed by atoms with van der Waals surface area (Å²) in [6, 6.07) is 0.495. The maximum absolute atomic E-state index is 12.3. The van der Waals surface area contributed by atoms with Gasteiger partial charge in [0.25, 0.3) is 0 Å². The van der Waals surface area contributed by atoms with Crippen molar-refractivity contribution in [3.05, 3.63) is 0 Å². The van der Waals surface area contributed by atoms with Crippen LogP contribution in [0.1, 0.15) is 19.3 Å². The topological polar surface area (TPSA) is 29.5 Å². The second-order valence-corrected chi connectivity index (χ2v) is 12.0.